The van der Waals surface area contributed by atoms with Crippen molar-refractivity contribution in [2.45, 2.75) is 32.6 Å². The summed E-state index contributed by atoms with van der Waals surface area (Å²) in [5.41, 5.74) is 14.9. The molecule has 0 aliphatic heterocycles. The van der Waals surface area contributed by atoms with E-state index in [1.807, 2.05) is 0 Å². The Balaban J connectivity index is 1.70. The van der Waals surface area contributed by atoms with Crippen molar-refractivity contribution in [3.05, 3.63) is 132 Å². The van der Waals surface area contributed by atoms with Crippen LogP contribution in [0.25, 0.3) is 44.5 Å². The maximum Gasteiger partial charge on any atom is -0.000705 e. The van der Waals surface area contributed by atoms with Crippen LogP contribution in [-0.2, 0) is 11.8 Å². The first kappa shape index (κ1) is 21.6. The second-order valence-electron chi connectivity index (χ2n) is 10.6. The van der Waals surface area contributed by atoms with E-state index in [1.54, 1.807) is 0 Å². The lowest BCUT2D eigenvalue weighted by Gasteiger charge is -2.22. The number of rotatable bonds is 3. The molecule has 0 aromatic heterocycles. The molecule has 5 aromatic rings. The maximum atomic E-state index is 2.45. The van der Waals surface area contributed by atoms with Gasteiger partial charge in [-0.25, -0.2) is 0 Å². The predicted molar refractivity (Wildman–Crippen MR) is 150 cm³/mol. The first-order valence-electron chi connectivity index (χ1n) is 12.5. The van der Waals surface area contributed by atoms with Crippen LogP contribution in [0.3, 0.4) is 0 Å². The fourth-order valence-corrected chi connectivity index (χ4v) is 5.48. The van der Waals surface area contributed by atoms with E-state index in [0.717, 1.165) is 6.42 Å². The van der Waals surface area contributed by atoms with Crippen molar-refractivity contribution in [2.75, 3.05) is 0 Å². The standard InChI is InChI=1S/C35H30/c1-35(2,3)28-20-18-24(19-21-28)30-23-31-29-17-11-10-16-27(29)22-32(31)34(26-14-8-5-9-15-26)33(30)25-12-6-4-7-13-25/h4-21,23H,22H2,1-3H3. The van der Waals surface area contributed by atoms with Crippen molar-refractivity contribution in [1.29, 1.82) is 0 Å². The number of hydrogen-bond donors (Lipinski definition) is 0. The van der Waals surface area contributed by atoms with Crippen molar-refractivity contribution in [1.82, 2.24) is 0 Å². The summed E-state index contributed by atoms with van der Waals surface area (Å²) in [5, 5.41) is 0. The van der Waals surface area contributed by atoms with Gasteiger partial charge in [-0.15, -0.1) is 0 Å². The molecule has 170 valence electrons. The molecule has 0 bridgehead atoms. The van der Waals surface area contributed by atoms with E-state index in [0.29, 0.717) is 0 Å². The molecule has 0 saturated carbocycles. The van der Waals surface area contributed by atoms with Crippen LogP contribution >= 0.6 is 0 Å². The summed E-state index contributed by atoms with van der Waals surface area (Å²) in [7, 11) is 0. The summed E-state index contributed by atoms with van der Waals surface area (Å²) in [6, 6.07) is 42.4. The molecule has 0 heteroatoms. The van der Waals surface area contributed by atoms with Gasteiger partial charge in [0, 0.05) is 0 Å². The zero-order valence-corrected chi connectivity index (χ0v) is 20.7. The SMILES string of the molecule is CC(C)(C)c1ccc(-c2cc3c(c(-c4ccccc4)c2-c2ccccc2)Cc2ccccc2-3)cc1. The van der Waals surface area contributed by atoms with Crippen molar-refractivity contribution in [3.63, 3.8) is 0 Å². The topological polar surface area (TPSA) is 0 Å². The van der Waals surface area contributed by atoms with E-state index in [-0.39, 0.29) is 5.41 Å². The Labute approximate surface area is 208 Å². The fraction of sp³-hybridized carbons (Fsp3) is 0.143. The van der Waals surface area contributed by atoms with Gasteiger partial charge < -0.3 is 0 Å². The Bertz CT molecular complexity index is 1500. The third-order valence-electron chi connectivity index (χ3n) is 7.30. The van der Waals surface area contributed by atoms with Crippen LogP contribution in [0, 0.1) is 0 Å². The van der Waals surface area contributed by atoms with Gasteiger partial charge in [0.05, 0.1) is 0 Å². The summed E-state index contributed by atoms with van der Waals surface area (Å²) in [6.45, 7) is 6.83. The van der Waals surface area contributed by atoms with Crippen LogP contribution in [0.15, 0.2) is 115 Å². The summed E-state index contributed by atoms with van der Waals surface area (Å²) in [5.74, 6) is 0. The van der Waals surface area contributed by atoms with E-state index in [4.69, 9.17) is 0 Å². The first-order chi connectivity index (χ1) is 17.0. The fourth-order valence-electron chi connectivity index (χ4n) is 5.48. The lowest BCUT2D eigenvalue weighted by Crippen LogP contribution is -2.10. The largest absolute Gasteiger partial charge is 0.0622 e. The van der Waals surface area contributed by atoms with E-state index >= 15 is 0 Å². The molecule has 0 N–H and O–H groups in total. The molecule has 0 saturated heterocycles. The highest BCUT2D eigenvalue weighted by molar-refractivity contribution is 6.01. The van der Waals surface area contributed by atoms with E-state index in [9.17, 15) is 0 Å². The van der Waals surface area contributed by atoms with Gasteiger partial charge in [-0.05, 0) is 79.1 Å². The minimum Gasteiger partial charge on any atom is -0.0622 e. The van der Waals surface area contributed by atoms with E-state index < -0.39 is 0 Å². The lowest BCUT2D eigenvalue weighted by molar-refractivity contribution is 0.590. The summed E-state index contributed by atoms with van der Waals surface area (Å²) in [6.07, 6.45) is 0.971. The highest BCUT2D eigenvalue weighted by atomic mass is 14.3. The molecule has 0 unspecified atom stereocenters. The molecule has 0 spiro atoms. The smallest absolute Gasteiger partial charge is 0.000705 e. The minimum absolute atomic E-state index is 0.132. The summed E-state index contributed by atoms with van der Waals surface area (Å²) in [4.78, 5) is 0. The molecule has 0 atom stereocenters. The Morgan fingerprint density at radius 3 is 1.69 bits per heavy atom. The van der Waals surface area contributed by atoms with Crippen LogP contribution in [0.1, 0.15) is 37.5 Å². The van der Waals surface area contributed by atoms with Crippen molar-refractivity contribution < 1.29 is 0 Å². The van der Waals surface area contributed by atoms with Gasteiger partial charge in [-0.3, -0.25) is 0 Å². The first-order valence-corrected chi connectivity index (χ1v) is 12.5. The second kappa shape index (κ2) is 8.40. The van der Waals surface area contributed by atoms with Crippen LogP contribution in [0.2, 0.25) is 0 Å². The third kappa shape index (κ3) is 3.80. The predicted octanol–water partition coefficient (Wildman–Crippen LogP) is 9.56. The molecule has 0 heterocycles. The molecule has 35 heavy (non-hydrogen) atoms. The van der Waals surface area contributed by atoms with Crippen LogP contribution in [0.5, 0.6) is 0 Å². The highest BCUT2D eigenvalue weighted by Gasteiger charge is 2.27. The van der Waals surface area contributed by atoms with E-state index in [2.05, 4.69) is 136 Å². The Morgan fingerprint density at radius 2 is 1.06 bits per heavy atom. The zero-order chi connectivity index (χ0) is 24.0. The number of fused-ring (bicyclic) bond motifs is 3. The number of benzene rings is 5. The quantitative estimate of drug-likeness (QED) is 0.252. The van der Waals surface area contributed by atoms with Crippen LogP contribution in [0.4, 0.5) is 0 Å². The van der Waals surface area contributed by atoms with Gasteiger partial charge in [0.1, 0.15) is 0 Å². The van der Waals surface area contributed by atoms with Gasteiger partial charge >= 0.3 is 0 Å². The molecule has 0 fully saturated rings. The molecule has 0 radical (unpaired) electrons. The Hall–Kier alpha value is -3.90. The van der Waals surface area contributed by atoms with E-state index in [1.165, 1.54) is 61.2 Å². The summed E-state index contributed by atoms with van der Waals surface area (Å²) < 4.78 is 0. The molecular weight excluding hydrogens is 420 g/mol. The Morgan fingerprint density at radius 1 is 0.486 bits per heavy atom. The summed E-state index contributed by atoms with van der Waals surface area (Å²) >= 11 is 0. The average Bonchev–Trinajstić information content (AvgIpc) is 3.26. The molecule has 1 aliphatic rings. The lowest BCUT2D eigenvalue weighted by atomic mass is 9.81. The molecular formula is C35H30. The molecule has 5 aromatic carbocycles. The van der Waals surface area contributed by atoms with Crippen LogP contribution in [-0.4, -0.2) is 0 Å². The van der Waals surface area contributed by atoms with Gasteiger partial charge in [-0.2, -0.15) is 0 Å². The second-order valence-corrected chi connectivity index (χ2v) is 10.6. The zero-order valence-electron chi connectivity index (χ0n) is 20.7. The molecule has 0 nitrogen and oxygen atoms in total. The maximum absolute atomic E-state index is 2.45. The Kier molecular flexibility index (Phi) is 5.19. The van der Waals surface area contributed by atoms with Crippen molar-refractivity contribution in [3.8, 4) is 44.5 Å². The third-order valence-corrected chi connectivity index (χ3v) is 7.30. The highest BCUT2D eigenvalue weighted by Crippen LogP contribution is 2.50. The molecule has 6 rings (SSSR count). The molecule has 1 aliphatic carbocycles. The van der Waals surface area contributed by atoms with Crippen LogP contribution < -0.4 is 0 Å². The number of hydrogen-bond acceptors (Lipinski definition) is 0. The minimum atomic E-state index is 0.132. The monoisotopic (exact) mass is 450 g/mol. The van der Waals surface area contributed by atoms with Gasteiger partial charge in [0.2, 0.25) is 0 Å². The van der Waals surface area contributed by atoms with Gasteiger partial charge in [0.25, 0.3) is 0 Å². The normalized spacial score (nSPS) is 12.3. The van der Waals surface area contributed by atoms with Gasteiger partial charge in [-0.1, -0.05) is 130 Å². The van der Waals surface area contributed by atoms with Crippen molar-refractivity contribution in [2.24, 2.45) is 0 Å². The van der Waals surface area contributed by atoms with Gasteiger partial charge in [0.15, 0.2) is 0 Å². The van der Waals surface area contributed by atoms with Crippen molar-refractivity contribution >= 4 is 0 Å². The molecule has 0 amide bonds. The average molecular weight is 451 g/mol.